The first-order valence-corrected chi connectivity index (χ1v) is 10.2. The van der Waals surface area contributed by atoms with Crippen molar-refractivity contribution in [3.05, 3.63) is 59.4 Å². The van der Waals surface area contributed by atoms with Crippen LogP contribution in [0.15, 0.2) is 46.9 Å². The molecule has 0 amide bonds. The molecule has 1 aliphatic heterocycles. The lowest BCUT2D eigenvalue weighted by atomic mass is 10.1. The molecule has 1 fully saturated rings. The summed E-state index contributed by atoms with van der Waals surface area (Å²) < 4.78 is 19.3. The van der Waals surface area contributed by atoms with Crippen molar-refractivity contribution in [3.8, 4) is 11.3 Å². The van der Waals surface area contributed by atoms with Crippen LogP contribution in [0.2, 0.25) is 0 Å². The molecule has 4 rings (SSSR count). The smallest absolute Gasteiger partial charge is 0.144 e. The standard InChI is InChI=1S/C20H18FNO3S/c21-16-9-15-10-18(25-19(15)17(11-16)20(23)24)14-3-1-13(2-4-14)12-26-7-5-22-6-8-26/h1-4,9-11,22H,5-8,12H2. The predicted octanol–water partition coefficient (Wildman–Crippen LogP) is 2.32. The largest absolute Gasteiger partial charge is 0.545 e. The molecule has 0 radical (unpaired) electrons. The van der Waals surface area contributed by atoms with E-state index in [1.165, 1.54) is 23.1 Å². The summed E-state index contributed by atoms with van der Waals surface area (Å²) in [5.74, 6) is 1.98. The van der Waals surface area contributed by atoms with E-state index in [2.05, 4.69) is 17.4 Å². The Morgan fingerprint density at radius 2 is 1.88 bits per heavy atom. The number of carboxylic acid groups (broad SMARTS) is 1. The highest BCUT2D eigenvalue weighted by Crippen LogP contribution is 2.31. The molecule has 1 aliphatic rings. The lowest BCUT2D eigenvalue weighted by Crippen LogP contribution is -2.36. The summed E-state index contributed by atoms with van der Waals surface area (Å²) in [7, 11) is 0.430. The van der Waals surface area contributed by atoms with Crippen molar-refractivity contribution in [1.29, 1.82) is 0 Å². The molecule has 1 N–H and O–H groups in total. The molecule has 26 heavy (non-hydrogen) atoms. The molecule has 0 saturated carbocycles. The van der Waals surface area contributed by atoms with E-state index in [4.69, 9.17) is 4.42 Å². The second-order valence-corrected chi connectivity index (χ2v) is 8.71. The Kier molecular flexibility index (Phi) is 4.70. The van der Waals surface area contributed by atoms with Gasteiger partial charge in [0.2, 0.25) is 0 Å². The van der Waals surface area contributed by atoms with E-state index < -0.39 is 11.8 Å². The average molecular weight is 371 g/mol. The van der Waals surface area contributed by atoms with Crippen LogP contribution >= 0.6 is 0 Å². The molecule has 0 spiro atoms. The number of fused-ring (bicyclic) bond motifs is 1. The zero-order valence-electron chi connectivity index (χ0n) is 14.1. The number of carbonyl (C=O) groups excluding carboxylic acids is 1. The lowest BCUT2D eigenvalue weighted by molar-refractivity contribution is -0.254. The van der Waals surface area contributed by atoms with Crippen LogP contribution in [0.25, 0.3) is 22.3 Å². The maximum atomic E-state index is 13.6. The van der Waals surface area contributed by atoms with Crippen LogP contribution in [0.3, 0.4) is 0 Å². The third-order valence-electron chi connectivity index (χ3n) is 4.55. The van der Waals surface area contributed by atoms with Gasteiger partial charge in [-0.15, -0.1) is 0 Å². The quantitative estimate of drug-likeness (QED) is 0.715. The van der Waals surface area contributed by atoms with E-state index in [1.807, 2.05) is 12.1 Å². The molecule has 0 unspecified atom stereocenters. The van der Waals surface area contributed by atoms with E-state index in [1.54, 1.807) is 6.07 Å². The van der Waals surface area contributed by atoms with Gasteiger partial charge in [-0.3, -0.25) is 0 Å². The van der Waals surface area contributed by atoms with Gasteiger partial charge in [-0.25, -0.2) is 4.39 Å². The number of nitrogens with one attached hydrogen (secondary N) is 1. The molecule has 0 aliphatic carbocycles. The van der Waals surface area contributed by atoms with Gasteiger partial charge in [-0.05, 0) is 29.1 Å². The molecule has 2 heterocycles. The first-order chi connectivity index (χ1) is 12.6. The van der Waals surface area contributed by atoms with Crippen molar-refractivity contribution in [2.45, 2.75) is 5.75 Å². The normalized spacial score (nSPS) is 15.4. The minimum atomic E-state index is -1.45. The molecular formula is C20H18FNO3S. The van der Waals surface area contributed by atoms with Crippen molar-refractivity contribution in [1.82, 2.24) is 5.32 Å². The van der Waals surface area contributed by atoms with E-state index in [0.717, 1.165) is 30.5 Å². The van der Waals surface area contributed by atoms with Gasteiger partial charge in [0.05, 0.1) is 5.97 Å². The SMILES string of the molecule is O=C([O-])c1cc(F)cc2cc(-c3ccc(C[S+]4CCNCC4)cc3)oc12. The Morgan fingerprint density at radius 1 is 1.15 bits per heavy atom. The summed E-state index contributed by atoms with van der Waals surface area (Å²) in [6.45, 7) is 2.19. The summed E-state index contributed by atoms with van der Waals surface area (Å²) in [5, 5.41) is 15.0. The van der Waals surface area contributed by atoms with Crippen LogP contribution in [0.1, 0.15) is 15.9 Å². The number of carbonyl (C=O) groups is 1. The van der Waals surface area contributed by atoms with E-state index in [0.29, 0.717) is 22.0 Å². The number of benzene rings is 2. The van der Waals surface area contributed by atoms with Gasteiger partial charge in [0, 0.05) is 35.2 Å². The van der Waals surface area contributed by atoms with Crippen LogP contribution in [0.4, 0.5) is 4.39 Å². The van der Waals surface area contributed by atoms with Gasteiger partial charge in [0.25, 0.3) is 0 Å². The Morgan fingerprint density at radius 3 is 2.58 bits per heavy atom. The molecular weight excluding hydrogens is 353 g/mol. The van der Waals surface area contributed by atoms with Crippen molar-refractivity contribution >= 4 is 27.8 Å². The fourth-order valence-electron chi connectivity index (χ4n) is 3.22. The van der Waals surface area contributed by atoms with Crippen molar-refractivity contribution in [2.24, 2.45) is 0 Å². The maximum absolute atomic E-state index is 13.6. The number of hydrogen-bond acceptors (Lipinski definition) is 4. The molecule has 2 aromatic carbocycles. The van der Waals surface area contributed by atoms with E-state index in [9.17, 15) is 14.3 Å². The number of carboxylic acids is 1. The third kappa shape index (κ3) is 3.48. The Hall–Kier alpha value is -2.31. The predicted molar refractivity (Wildman–Crippen MR) is 99.6 cm³/mol. The van der Waals surface area contributed by atoms with Crippen LogP contribution < -0.4 is 10.4 Å². The summed E-state index contributed by atoms with van der Waals surface area (Å²) in [5.41, 5.74) is 2.00. The van der Waals surface area contributed by atoms with Crippen LogP contribution in [0, 0.1) is 5.82 Å². The van der Waals surface area contributed by atoms with Crippen molar-refractivity contribution < 1.29 is 18.7 Å². The number of furan rings is 1. The number of hydrogen-bond donors (Lipinski definition) is 1. The monoisotopic (exact) mass is 371 g/mol. The summed E-state index contributed by atoms with van der Waals surface area (Å²) in [6, 6.07) is 11.9. The highest BCUT2D eigenvalue weighted by molar-refractivity contribution is 7.96. The number of halogens is 1. The van der Waals surface area contributed by atoms with Crippen LogP contribution in [-0.4, -0.2) is 30.6 Å². The maximum Gasteiger partial charge on any atom is 0.144 e. The Bertz CT molecular complexity index is 946. The molecule has 3 aromatic rings. The third-order valence-corrected chi connectivity index (χ3v) is 6.85. The van der Waals surface area contributed by atoms with Gasteiger partial charge in [-0.2, -0.15) is 0 Å². The fraction of sp³-hybridized carbons (Fsp3) is 0.250. The zero-order valence-corrected chi connectivity index (χ0v) is 14.9. The highest BCUT2D eigenvalue weighted by atomic mass is 32.2. The molecule has 1 aromatic heterocycles. The summed E-state index contributed by atoms with van der Waals surface area (Å²) >= 11 is 0. The molecule has 134 valence electrons. The van der Waals surface area contributed by atoms with Gasteiger partial charge in [0.1, 0.15) is 34.4 Å². The highest BCUT2D eigenvalue weighted by Gasteiger charge is 2.21. The summed E-state index contributed by atoms with van der Waals surface area (Å²) in [6.07, 6.45) is 0. The van der Waals surface area contributed by atoms with Crippen molar-refractivity contribution in [3.63, 3.8) is 0 Å². The second kappa shape index (κ2) is 7.13. The number of rotatable bonds is 4. The second-order valence-electron chi connectivity index (χ2n) is 6.38. The first kappa shape index (κ1) is 17.1. The van der Waals surface area contributed by atoms with Crippen LogP contribution in [-0.2, 0) is 16.6 Å². The van der Waals surface area contributed by atoms with E-state index >= 15 is 0 Å². The molecule has 0 atom stereocenters. The molecule has 4 nitrogen and oxygen atoms in total. The Labute approximate surface area is 153 Å². The minimum Gasteiger partial charge on any atom is -0.545 e. The molecule has 6 heteroatoms. The van der Waals surface area contributed by atoms with Gasteiger partial charge in [-0.1, -0.05) is 24.3 Å². The van der Waals surface area contributed by atoms with Gasteiger partial charge in [0.15, 0.2) is 0 Å². The first-order valence-electron chi connectivity index (χ1n) is 8.49. The Balaban J connectivity index is 1.61. The summed E-state index contributed by atoms with van der Waals surface area (Å²) in [4.78, 5) is 11.2. The lowest BCUT2D eigenvalue weighted by Gasteiger charge is -2.15. The minimum absolute atomic E-state index is 0.140. The van der Waals surface area contributed by atoms with Crippen molar-refractivity contribution in [2.75, 3.05) is 24.6 Å². The number of aromatic carboxylic acids is 1. The molecule has 1 saturated heterocycles. The molecule has 0 bridgehead atoms. The van der Waals surface area contributed by atoms with Crippen LogP contribution in [0.5, 0.6) is 0 Å². The zero-order chi connectivity index (χ0) is 18.1. The van der Waals surface area contributed by atoms with Gasteiger partial charge < -0.3 is 19.6 Å². The average Bonchev–Trinajstić information content (AvgIpc) is 3.06. The van der Waals surface area contributed by atoms with Gasteiger partial charge >= 0.3 is 0 Å². The topological polar surface area (TPSA) is 65.3 Å². The van der Waals surface area contributed by atoms with E-state index in [-0.39, 0.29) is 11.1 Å². The fourth-order valence-corrected chi connectivity index (χ4v) is 5.24.